The molecular formula is C28H30ClN3O3. The second kappa shape index (κ2) is 9.96. The summed E-state index contributed by atoms with van der Waals surface area (Å²) in [5, 5.41) is 9.88. The van der Waals surface area contributed by atoms with Crippen LogP contribution in [0.2, 0.25) is 5.02 Å². The Labute approximate surface area is 210 Å². The zero-order chi connectivity index (χ0) is 24.4. The maximum absolute atomic E-state index is 11.1. The molecule has 0 saturated heterocycles. The Morgan fingerprint density at radius 1 is 1.17 bits per heavy atom. The number of carboxylic acids is 1. The number of carbonyl (C=O) groups is 1. The van der Waals surface area contributed by atoms with Crippen LogP contribution in [0.15, 0.2) is 54.7 Å². The highest BCUT2D eigenvalue weighted by molar-refractivity contribution is 6.30. The van der Waals surface area contributed by atoms with E-state index in [9.17, 15) is 4.79 Å². The third-order valence-corrected chi connectivity index (χ3v) is 7.51. The second-order valence-electron chi connectivity index (χ2n) is 9.94. The first-order valence-corrected chi connectivity index (χ1v) is 12.6. The van der Waals surface area contributed by atoms with Crippen molar-refractivity contribution in [3.05, 3.63) is 76.6 Å². The van der Waals surface area contributed by atoms with E-state index in [-0.39, 0.29) is 17.9 Å². The van der Waals surface area contributed by atoms with E-state index in [1.807, 2.05) is 61.7 Å². The van der Waals surface area contributed by atoms with Crippen molar-refractivity contribution in [1.29, 1.82) is 0 Å². The number of aromatic nitrogens is 2. The number of hydrogen-bond donors (Lipinski definition) is 1. The minimum atomic E-state index is -0.730. The number of ether oxygens (including phenoxy) is 1. The van der Waals surface area contributed by atoms with Crippen molar-refractivity contribution in [2.24, 2.45) is 5.92 Å². The molecule has 1 aliphatic heterocycles. The van der Waals surface area contributed by atoms with Gasteiger partial charge in [-0.3, -0.25) is 9.69 Å². The Kier molecular flexibility index (Phi) is 6.76. The molecule has 1 aliphatic carbocycles. The minimum Gasteiger partial charge on any atom is -0.489 e. The van der Waals surface area contributed by atoms with Gasteiger partial charge >= 0.3 is 5.97 Å². The molecule has 2 heterocycles. The van der Waals surface area contributed by atoms with E-state index >= 15 is 0 Å². The van der Waals surface area contributed by atoms with Crippen LogP contribution in [0.5, 0.6) is 5.75 Å². The molecule has 0 bridgehead atoms. The molecule has 1 N–H and O–H groups in total. The molecule has 1 spiro atoms. The van der Waals surface area contributed by atoms with E-state index in [0.717, 1.165) is 66.3 Å². The second-order valence-corrected chi connectivity index (χ2v) is 10.4. The standard InChI is InChI=1S/C28H30ClN3O3/c1-19(13-26(33)34)16-32-17-22-15-30-27(31-25(22)14-28(32)11-2-12-28)21-5-9-24(10-6-21)35-18-20-3-7-23(29)8-4-20/h3-10,15,19H,2,11-14,16-18H2,1H3,(H,33,34). The van der Waals surface area contributed by atoms with Gasteiger partial charge in [-0.15, -0.1) is 0 Å². The summed E-state index contributed by atoms with van der Waals surface area (Å²) in [5.41, 5.74) is 4.42. The third kappa shape index (κ3) is 5.34. The van der Waals surface area contributed by atoms with E-state index in [1.165, 1.54) is 6.42 Å². The summed E-state index contributed by atoms with van der Waals surface area (Å²) in [6.45, 7) is 4.09. The summed E-state index contributed by atoms with van der Waals surface area (Å²) >= 11 is 5.94. The monoisotopic (exact) mass is 491 g/mol. The van der Waals surface area contributed by atoms with Crippen LogP contribution in [0.1, 0.15) is 49.4 Å². The molecule has 35 heavy (non-hydrogen) atoms. The first-order valence-electron chi connectivity index (χ1n) is 12.2. The summed E-state index contributed by atoms with van der Waals surface area (Å²) < 4.78 is 5.90. The molecular weight excluding hydrogens is 462 g/mol. The maximum Gasteiger partial charge on any atom is 0.303 e. The lowest BCUT2D eigenvalue weighted by atomic mass is 9.69. The van der Waals surface area contributed by atoms with Gasteiger partial charge in [-0.1, -0.05) is 30.7 Å². The van der Waals surface area contributed by atoms with E-state index in [0.29, 0.717) is 11.6 Å². The fourth-order valence-electron chi connectivity index (χ4n) is 5.19. The number of nitrogens with zero attached hydrogens (tertiary/aromatic N) is 3. The summed E-state index contributed by atoms with van der Waals surface area (Å²) in [6, 6.07) is 15.5. The maximum atomic E-state index is 11.1. The lowest BCUT2D eigenvalue weighted by molar-refractivity contribution is -0.138. The average molecular weight is 492 g/mol. The van der Waals surface area contributed by atoms with Gasteiger partial charge in [-0.25, -0.2) is 9.97 Å². The van der Waals surface area contributed by atoms with E-state index in [1.54, 1.807) is 0 Å². The van der Waals surface area contributed by atoms with Crippen LogP contribution >= 0.6 is 11.6 Å². The van der Waals surface area contributed by atoms with Crippen molar-refractivity contribution in [3.63, 3.8) is 0 Å². The van der Waals surface area contributed by atoms with Crippen LogP contribution in [0.3, 0.4) is 0 Å². The summed E-state index contributed by atoms with van der Waals surface area (Å²) in [6.07, 6.45) is 6.56. The Balaban J connectivity index is 1.28. The molecule has 0 radical (unpaired) electrons. The van der Waals surface area contributed by atoms with Crippen LogP contribution in [0, 0.1) is 5.92 Å². The van der Waals surface area contributed by atoms with Gasteiger partial charge in [0.15, 0.2) is 5.82 Å². The van der Waals surface area contributed by atoms with Crippen LogP contribution in [-0.4, -0.2) is 38.0 Å². The van der Waals surface area contributed by atoms with Gasteiger partial charge in [-0.05, 0) is 67.1 Å². The summed E-state index contributed by atoms with van der Waals surface area (Å²) in [7, 11) is 0. The molecule has 7 heteroatoms. The minimum absolute atomic E-state index is 0.116. The lowest BCUT2D eigenvalue weighted by Crippen LogP contribution is -2.58. The predicted octanol–water partition coefficient (Wildman–Crippen LogP) is 5.77. The fourth-order valence-corrected chi connectivity index (χ4v) is 5.31. The average Bonchev–Trinajstić information content (AvgIpc) is 2.82. The molecule has 1 atom stereocenters. The Morgan fingerprint density at radius 3 is 2.57 bits per heavy atom. The quantitative estimate of drug-likeness (QED) is 0.431. The number of carboxylic acid groups (broad SMARTS) is 1. The van der Waals surface area contributed by atoms with Crippen LogP contribution in [0.4, 0.5) is 0 Å². The molecule has 3 aromatic rings. The molecule has 6 nitrogen and oxygen atoms in total. The van der Waals surface area contributed by atoms with Gasteiger partial charge in [0.05, 0.1) is 5.69 Å². The van der Waals surface area contributed by atoms with Gasteiger partial charge in [0.1, 0.15) is 12.4 Å². The van der Waals surface area contributed by atoms with Gasteiger partial charge < -0.3 is 9.84 Å². The molecule has 1 unspecified atom stereocenters. The molecule has 0 amide bonds. The zero-order valence-corrected chi connectivity index (χ0v) is 20.7. The topological polar surface area (TPSA) is 75.5 Å². The first kappa shape index (κ1) is 23.8. The van der Waals surface area contributed by atoms with Crippen molar-refractivity contribution in [1.82, 2.24) is 14.9 Å². The van der Waals surface area contributed by atoms with Gasteiger partial charge in [-0.2, -0.15) is 0 Å². The highest BCUT2D eigenvalue weighted by Crippen LogP contribution is 2.45. The van der Waals surface area contributed by atoms with E-state index in [2.05, 4.69) is 9.88 Å². The Morgan fingerprint density at radius 2 is 1.91 bits per heavy atom. The largest absolute Gasteiger partial charge is 0.489 e. The van der Waals surface area contributed by atoms with Gasteiger partial charge in [0.2, 0.25) is 0 Å². The van der Waals surface area contributed by atoms with Crippen LogP contribution in [-0.2, 0) is 24.4 Å². The highest BCUT2D eigenvalue weighted by atomic mass is 35.5. The van der Waals surface area contributed by atoms with E-state index < -0.39 is 5.97 Å². The first-order chi connectivity index (χ1) is 16.9. The molecule has 182 valence electrons. The van der Waals surface area contributed by atoms with Crippen LogP contribution in [0.25, 0.3) is 11.4 Å². The molecule has 5 rings (SSSR count). The molecule has 1 saturated carbocycles. The van der Waals surface area contributed by atoms with Gasteiger partial charge in [0.25, 0.3) is 0 Å². The number of benzene rings is 2. The highest BCUT2D eigenvalue weighted by Gasteiger charge is 2.46. The molecule has 2 aliphatic rings. The number of rotatable bonds is 8. The lowest BCUT2D eigenvalue weighted by Gasteiger charge is -2.54. The predicted molar refractivity (Wildman–Crippen MR) is 135 cm³/mol. The number of hydrogen-bond acceptors (Lipinski definition) is 5. The normalized spacial score (nSPS) is 17.4. The van der Waals surface area contributed by atoms with Crippen molar-refractivity contribution >= 4 is 17.6 Å². The molecule has 1 aromatic heterocycles. The third-order valence-electron chi connectivity index (χ3n) is 7.25. The summed E-state index contributed by atoms with van der Waals surface area (Å²) in [4.78, 5) is 23.3. The SMILES string of the molecule is CC(CC(=O)O)CN1Cc2cnc(-c3ccc(OCc4ccc(Cl)cc4)cc3)nc2CC12CCC2. The molecule has 2 aromatic carbocycles. The van der Waals surface area contributed by atoms with Crippen molar-refractivity contribution in [2.45, 2.75) is 57.7 Å². The fraction of sp³-hybridized carbons (Fsp3) is 0.393. The van der Waals surface area contributed by atoms with Crippen molar-refractivity contribution in [2.75, 3.05) is 6.54 Å². The van der Waals surface area contributed by atoms with E-state index in [4.69, 9.17) is 26.4 Å². The van der Waals surface area contributed by atoms with Crippen molar-refractivity contribution in [3.8, 4) is 17.1 Å². The Bertz CT molecular complexity index is 1190. The smallest absolute Gasteiger partial charge is 0.303 e. The Hall–Kier alpha value is -2.96. The number of halogens is 1. The summed E-state index contributed by atoms with van der Waals surface area (Å²) in [5.74, 6) is 0.912. The number of fused-ring (bicyclic) bond motifs is 1. The zero-order valence-electron chi connectivity index (χ0n) is 19.9. The van der Waals surface area contributed by atoms with Gasteiger partial charge in [0, 0.05) is 53.8 Å². The van der Waals surface area contributed by atoms with Crippen LogP contribution < -0.4 is 4.74 Å². The van der Waals surface area contributed by atoms with Crippen molar-refractivity contribution < 1.29 is 14.6 Å². The number of aliphatic carboxylic acids is 1. The molecule has 1 fully saturated rings.